The highest BCUT2D eigenvalue weighted by atomic mass is 32.1. The molecule has 0 radical (unpaired) electrons. The molecular formula is C32H44N8S2. The van der Waals surface area contributed by atoms with E-state index in [1.165, 1.54) is 101 Å². The van der Waals surface area contributed by atoms with E-state index in [2.05, 4.69) is 49.6 Å². The summed E-state index contributed by atoms with van der Waals surface area (Å²) in [5.74, 6) is 2.13. The van der Waals surface area contributed by atoms with Gasteiger partial charge in [-0.25, -0.2) is 19.9 Å². The standard InChI is InChI=1S/C17H24N4S.C15H20N4S/c1-21(2)12-8-6-11(7-9-12)20-16-15-13-4-3-5-14(13)22-17(15)19-10-18-16;16-9-4-6-10(7-5-9)19-14-13-11-2-1-3-12(11)20-15(13)18-8-17-14/h10-12H,3-9H2,1-2H3,(H,18,19,20);8-10H,1-7,16H2,(H,17,18,19). The van der Waals surface area contributed by atoms with Crippen molar-refractivity contribution in [2.75, 3.05) is 24.7 Å². The van der Waals surface area contributed by atoms with Crippen molar-refractivity contribution < 1.29 is 0 Å². The number of hydrogen-bond donors (Lipinski definition) is 3. The summed E-state index contributed by atoms with van der Waals surface area (Å²) in [4.78, 5) is 25.8. The fourth-order valence-electron chi connectivity index (χ4n) is 7.46. The summed E-state index contributed by atoms with van der Waals surface area (Å²) < 4.78 is 0. The van der Waals surface area contributed by atoms with Crippen molar-refractivity contribution in [2.45, 2.75) is 114 Å². The Kier molecular flexibility index (Phi) is 8.31. The molecule has 4 aromatic rings. The van der Waals surface area contributed by atoms with E-state index in [4.69, 9.17) is 5.73 Å². The molecule has 8 rings (SSSR count). The molecule has 0 saturated heterocycles. The number of hydrogen-bond acceptors (Lipinski definition) is 10. The molecule has 224 valence electrons. The molecule has 4 heterocycles. The Morgan fingerprint density at radius 3 is 1.62 bits per heavy atom. The number of thiophene rings is 2. The third kappa shape index (κ3) is 5.75. The first kappa shape index (κ1) is 28.4. The number of nitrogens with zero attached hydrogens (tertiary/aromatic N) is 5. The van der Waals surface area contributed by atoms with Crippen LogP contribution in [0, 0.1) is 0 Å². The normalized spacial score (nSPS) is 25.3. The van der Waals surface area contributed by atoms with E-state index in [0.717, 1.165) is 48.2 Å². The number of fused-ring (bicyclic) bond motifs is 6. The lowest BCUT2D eigenvalue weighted by atomic mass is 9.90. The van der Waals surface area contributed by atoms with Crippen LogP contribution in [0.2, 0.25) is 0 Å². The first-order chi connectivity index (χ1) is 20.5. The minimum atomic E-state index is 0.392. The lowest BCUT2D eigenvalue weighted by Crippen LogP contribution is -2.36. The van der Waals surface area contributed by atoms with Crippen LogP contribution >= 0.6 is 22.7 Å². The first-order valence-corrected chi connectivity index (χ1v) is 17.6. The van der Waals surface area contributed by atoms with E-state index in [-0.39, 0.29) is 0 Å². The molecule has 4 aliphatic rings. The van der Waals surface area contributed by atoms with Crippen molar-refractivity contribution in [1.82, 2.24) is 24.8 Å². The Labute approximate surface area is 256 Å². The van der Waals surface area contributed by atoms with Crippen molar-refractivity contribution in [3.8, 4) is 0 Å². The van der Waals surface area contributed by atoms with Crippen LogP contribution in [0.3, 0.4) is 0 Å². The lowest BCUT2D eigenvalue weighted by molar-refractivity contribution is 0.221. The zero-order chi connectivity index (χ0) is 28.6. The van der Waals surface area contributed by atoms with Crippen LogP contribution in [-0.2, 0) is 25.7 Å². The maximum atomic E-state index is 5.99. The Hall–Kier alpha value is -2.40. The summed E-state index contributed by atoms with van der Waals surface area (Å²) in [7, 11) is 4.39. The van der Waals surface area contributed by atoms with Gasteiger partial charge in [-0.3, -0.25) is 0 Å². The van der Waals surface area contributed by atoms with Gasteiger partial charge >= 0.3 is 0 Å². The number of aryl methyl sites for hydroxylation is 4. The smallest absolute Gasteiger partial charge is 0.138 e. The quantitative estimate of drug-likeness (QED) is 0.243. The Morgan fingerprint density at radius 1 is 0.667 bits per heavy atom. The fourth-order valence-corrected chi connectivity index (χ4v) is 9.92. The van der Waals surface area contributed by atoms with E-state index >= 15 is 0 Å². The molecule has 10 heteroatoms. The highest BCUT2D eigenvalue weighted by molar-refractivity contribution is 7.19. The molecule has 2 saturated carbocycles. The Morgan fingerprint density at radius 2 is 1.14 bits per heavy atom. The van der Waals surface area contributed by atoms with Crippen LogP contribution in [0.15, 0.2) is 12.7 Å². The molecule has 4 aromatic heterocycles. The number of nitrogens with two attached hydrogens (primary N) is 1. The first-order valence-electron chi connectivity index (χ1n) is 16.0. The van der Waals surface area contributed by atoms with E-state index in [9.17, 15) is 0 Å². The molecule has 0 unspecified atom stereocenters. The van der Waals surface area contributed by atoms with Crippen LogP contribution in [-0.4, -0.2) is 63.1 Å². The van der Waals surface area contributed by atoms with Crippen molar-refractivity contribution >= 4 is 54.7 Å². The topological polar surface area (TPSA) is 105 Å². The van der Waals surface area contributed by atoms with Crippen molar-refractivity contribution in [3.63, 3.8) is 0 Å². The summed E-state index contributed by atoms with van der Waals surface area (Å²) in [5, 5.41) is 10.0. The zero-order valence-corrected chi connectivity index (χ0v) is 26.6. The number of nitrogens with one attached hydrogen (secondary N) is 2. The van der Waals surface area contributed by atoms with Crippen LogP contribution < -0.4 is 16.4 Å². The van der Waals surface area contributed by atoms with Crippen LogP contribution in [0.4, 0.5) is 11.6 Å². The van der Waals surface area contributed by atoms with E-state index in [1.807, 2.05) is 22.7 Å². The summed E-state index contributed by atoms with van der Waals surface area (Å²) >= 11 is 3.72. The molecule has 0 aromatic carbocycles. The minimum Gasteiger partial charge on any atom is -0.367 e. The SMILES string of the molecule is CN(C)C1CCC(Nc2ncnc3sc4c(c23)CCC4)CC1.NC1CCC(Nc2ncnc3sc4c(c23)CCC4)CC1. The van der Waals surface area contributed by atoms with Crippen molar-refractivity contribution in [2.24, 2.45) is 5.73 Å². The van der Waals surface area contributed by atoms with Crippen LogP contribution in [0.5, 0.6) is 0 Å². The Bertz CT molecular complexity index is 1530. The Balaban J connectivity index is 0.000000138. The molecule has 0 atom stereocenters. The molecule has 2 fully saturated rings. The van der Waals surface area contributed by atoms with Crippen LogP contribution in [0.25, 0.3) is 20.4 Å². The summed E-state index contributed by atoms with van der Waals surface area (Å²) in [6, 6.07) is 2.22. The largest absolute Gasteiger partial charge is 0.367 e. The van der Waals surface area contributed by atoms with E-state index in [0.29, 0.717) is 18.1 Å². The van der Waals surface area contributed by atoms with Crippen LogP contribution in [0.1, 0.15) is 85.1 Å². The molecule has 0 aliphatic heterocycles. The summed E-state index contributed by atoms with van der Waals surface area (Å²) in [5.41, 5.74) is 9.01. The summed E-state index contributed by atoms with van der Waals surface area (Å²) in [6.45, 7) is 0. The fraction of sp³-hybridized carbons (Fsp3) is 0.625. The average molecular weight is 605 g/mol. The highest BCUT2D eigenvalue weighted by Gasteiger charge is 2.26. The van der Waals surface area contributed by atoms with Gasteiger partial charge in [0, 0.05) is 33.9 Å². The third-order valence-electron chi connectivity index (χ3n) is 9.88. The van der Waals surface area contributed by atoms with Crippen molar-refractivity contribution in [3.05, 3.63) is 33.5 Å². The van der Waals surface area contributed by atoms with Gasteiger partial charge in [0.05, 0.1) is 10.8 Å². The zero-order valence-electron chi connectivity index (χ0n) is 25.0. The number of rotatable bonds is 5. The van der Waals surface area contributed by atoms with E-state index < -0.39 is 0 Å². The van der Waals surface area contributed by atoms with Gasteiger partial charge in [-0.05, 0) is 115 Å². The molecule has 8 nitrogen and oxygen atoms in total. The molecule has 4 N–H and O–H groups in total. The molecule has 4 aliphatic carbocycles. The highest BCUT2D eigenvalue weighted by Crippen LogP contribution is 2.41. The van der Waals surface area contributed by atoms with Gasteiger partial charge in [0.15, 0.2) is 0 Å². The molecule has 0 amide bonds. The molecule has 0 spiro atoms. The third-order valence-corrected chi connectivity index (χ3v) is 12.3. The van der Waals surface area contributed by atoms with Gasteiger partial charge in [-0.1, -0.05) is 0 Å². The predicted octanol–water partition coefficient (Wildman–Crippen LogP) is 6.33. The van der Waals surface area contributed by atoms with Gasteiger partial charge in [0.1, 0.15) is 34.0 Å². The average Bonchev–Trinajstić information content (AvgIpc) is 3.77. The number of anilines is 2. The molecular weight excluding hydrogens is 561 g/mol. The number of aromatic nitrogens is 4. The molecule has 0 bridgehead atoms. The van der Waals surface area contributed by atoms with Gasteiger partial charge < -0.3 is 21.3 Å². The lowest BCUT2D eigenvalue weighted by Gasteiger charge is -2.33. The van der Waals surface area contributed by atoms with Gasteiger partial charge in [0.25, 0.3) is 0 Å². The van der Waals surface area contributed by atoms with Gasteiger partial charge in [-0.15, -0.1) is 22.7 Å². The second-order valence-electron chi connectivity index (χ2n) is 12.9. The second-order valence-corrected chi connectivity index (χ2v) is 15.1. The monoisotopic (exact) mass is 604 g/mol. The maximum Gasteiger partial charge on any atom is 0.138 e. The second kappa shape index (κ2) is 12.3. The van der Waals surface area contributed by atoms with Crippen molar-refractivity contribution in [1.29, 1.82) is 0 Å². The van der Waals surface area contributed by atoms with Gasteiger partial charge in [0.2, 0.25) is 0 Å². The maximum absolute atomic E-state index is 5.99. The van der Waals surface area contributed by atoms with Gasteiger partial charge in [-0.2, -0.15) is 0 Å². The summed E-state index contributed by atoms with van der Waals surface area (Å²) in [6.07, 6.45) is 20.4. The minimum absolute atomic E-state index is 0.392. The molecule has 42 heavy (non-hydrogen) atoms. The predicted molar refractivity (Wildman–Crippen MR) is 176 cm³/mol. The van der Waals surface area contributed by atoms with E-state index in [1.54, 1.807) is 12.7 Å².